The van der Waals surface area contributed by atoms with Crippen molar-refractivity contribution < 1.29 is 14.7 Å². The Kier molecular flexibility index (Phi) is 7.93. The van der Waals surface area contributed by atoms with Crippen LogP contribution < -0.4 is 5.32 Å². The Balaban J connectivity index is 2.03. The molecule has 0 bridgehead atoms. The highest BCUT2D eigenvalue weighted by molar-refractivity contribution is 8.10. The van der Waals surface area contributed by atoms with Crippen molar-refractivity contribution >= 4 is 52.6 Å². The predicted octanol–water partition coefficient (Wildman–Crippen LogP) is 3.97. The Bertz CT molecular complexity index is 783. The van der Waals surface area contributed by atoms with Crippen molar-refractivity contribution in [3.05, 3.63) is 69.7 Å². The highest BCUT2D eigenvalue weighted by Crippen LogP contribution is 2.17. The molecule has 136 valence electrons. The average Bonchev–Trinajstić information content (AvgIpc) is 2.63. The van der Waals surface area contributed by atoms with Crippen LogP contribution in [0.4, 0.5) is 4.79 Å². The van der Waals surface area contributed by atoms with Crippen molar-refractivity contribution in [3.63, 3.8) is 0 Å². The van der Waals surface area contributed by atoms with Crippen molar-refractivity contribution in [2.75, 3.05) is 6.73 Å². The van der Waals surface area contributed by atoms with Crippen molar-refractivity contribution in [1.29, 1.82) is 0 Å². The molecule has 0 fully saturated rings. The molecule has 0 aliphatic heterocycles. The summed E-state index contributed by atoms with van der Waals surface area (Å²) in [6, 6.07) is 12.8. The maximum Gasteiger partial charge on any atom is 0.329 e. The lowest BCUT2D eigenvalue weighted by atomic mass is 10.2. The smallest absolute Gasteiger partial charge is 0.329 e. The van der Waals surface area contributed by atoms with Gasteiger partial charge in [-0.15, -0.1) is 0 Å². The summed E-state index contributed by atoms with van der Waals surface area (Å²) >= 11 is 12.6. The van der Waals surface area contributed by atoms with Gasteiger partial charge in [-0.1, -0.05) is 35.3 Å². The Morgan fingerprint density at radius 1 is 1.08 bits per heavy atom. The van der Waals surface area contributed by atoms with E-state index in [0.29, 0.717) is 15.6 Å². The lowest BCUT2D eigenvalue weighted by Gasteiger charge is -2.19. The molecule has 3 amide bonds. The highest BCUT2D eigenvalue weighted by atomic mass is 35.5. The van der Waals surface area contributed by atoms with Crippen LogP contribution in [0.5, 0.6) is 0 Å². The van der Waals surface area contributed by atoms with Gasteiger partial charge < -0.3 is 10.4 Å². The minimum absolute atomic E-state index is 0.231. The molecule has 0 radical (unpaired) electrons. The SMILES string of the molecule is O=C(N=CSN(Cc1ccc(Cl)cc1)C(=O)NCO)c1ccc(Cl)cc1. The van der Waals surface area contributed by atoms with Gasteiger partial charge in [0.15, 0.2) is 0 Å². The molecule has 2 aromatic rings. The monoisotopic (exact) mass is 411 g/mol. The number of nitrogens with one attached hydrogen (secondary N) is 1. The molecule has 0 unspecified atom stereocenters. The zero-order valence-electron chi connectivity index (χ0n) is 13.4. The van der Waals surface area contributed by atoms with E-state index in [1.807, 2.05) is 0 Å². The number of aliphatic hydroxyl groups excluding tert-OH is 1. The average molecular weight is 412 g/mol. The van der Waals surface area contributed by atoms with Crippen molar-refractivity contribution in [2.45, 2.75) is 6.54 Å². The van der Waals surface area contributed by atoms with Gasteiger partial charge in [0.2, 0.25) is 0 Å². The van der Waals surface area contributed by atoms with E-state index in [1.54, 1.807) is 48.5 Å². The second kappa shape index (κ2) is 10.2. The summed E-state index contributed by atoms with van der Waals surface area (Å²) in [6.07, 6.45) is 0. The molecule has 0 aliphatic rings. The molecule has 9 heteroatoms. The van der Waals surface area contributed by atoms with Gasteiger partial charge in [0.1, 0.15) is 6.73 Å². The number of urea groups is 1. The molecule has 0 aliphatic carbocycles. The van der Waals surface area contributed by atoms with Crippen LogP contribution in [0.15, 0.2) is 53.5 Å². The van der Waals surface area contributed by atoms with Crippen LogP contribution in [0.3, 0.4) is 0 Å². The zero-order chi connectivity index (χ0) is 18.9. The lowest BCUT2D eigenvalue weighted by Crippen LogP contribution is -2.35. The van der Waals surface area contributed by atoms with E-state index >= 15 is 0 Å². The Labute approximate surface area is 165 Å². The first kappa shape index (κ1) is 20.3. The number of aliphatic imine (C=N–C) groups is 1. The zero-order valence-corrected chi connectivity index (χ0v) is 15.8. The molecule has 0 spiro atoms. The van der Waals surface area contributed by atoms with E-state index in [2.05, 4.69) is 10.3 Å². The number of hydrogen-bond donors (Lipinski definition) is 2. The van der Waals surface area contributed by atoms with Gasteiger partial charge in [0.05, 0.1) is 12.1 Å². The molecule has 0 saturated heterocycles. The van der Waals surface area contributed by atoms with Gasteiger partial charge in [-0.2, -0.15) is 0 Å². The summed E-state index contributed by atoms with van der Waals surface area (Å²) in [7, 11) is 0. The number of benzene rings is 2. The number of carbonyl (C=O) groups is 2. The third kappa shape index (κ3) is 6.34. The van der Waals surface area contributed by atoms with Crippen molar-refractivity contribution in [1.82, 2.24) is 9.62 Å². The van der Waals surface area contributed by atoms with E-state index < -0.39 is 18.7 Å². The third-order valence-electron chi connectivity index (χ3n) is 3.13. The van der Waals surface area contributed by atoms with Crippen molar-refractivity contribution in [3.8, 4) is 0 Å². The summed E-state index contributed by atoms with van der Waals surface area (Å²) < 4.78 is 1.32. The summed E-state index contributed by atoms with van der Waals surface area (Å²) in [6.45, 7) is -0.272. The van der Waals surface area contributed by atoms with E-state index in [-0.39, 0.29) is 6.54 Å². The number of halogens is 2. The second-order valence-corrected chi connectivity index (χ2v) is 6.69. The second-order valence-electron chi connectivity index (χ2n) is 4.96. The maximum atomic E-state index is 12.0. The summed E-state index contributed by atoms with van der Waals surface area (Å²) in [5, 5.41) is 12.3. The lowest BCUT2D eigenvalue weighted by molar-refractivity contribution is 0.100. The van der Waals surface area contributed by atoms with Crippen molar-refractivity contribution in [2.24, 2.45) is 4.99 Å². The van der Waals surface area contributed by atoms with E-state index in [1.165, 1.54) is 9.85 Å². The van der Waals surface area contributed by atoms with Crippen LogP contribution in [-0.2, 0) is 6.54 Å². The molecule has 2 N–H and O–H groups in total. The third-order valence-corrected chi connectivity index (χ3v) is 4.38. The standard InChI is InChI=1S/C17H15Cl2N3O3S/c18-14-5-1-12(2-6-14)9-22(17(25)20-10-23)26-11-21-16(24)13-3-7-15(19)8-4-13/h1-8,11,23H,9-10H2,(H,20,25). The molecular formula is C17H15Cl2N3O3S. The predicted molar refractivity (Wildman–Crippen MR) is 104 cm³/mol. The molecular weight excluding hydrogens is 397 g/mol. The van der Waals surface area contributed by atoms with Gasteiger partial charge in [0, 0.05) is 27.6 Å². The number of rotatable bonds is 6. The fourth-order valence-electron chi connectivity index (χ4n) is 1.86. The first-order chi connectivity index (χ1) is 12.5. The number of nitrogens with zero attached hydrogens (tertiary/aromatic N) is 2. The number of hydrogen-bond acceptors (Lipinski definition) is 4. The van der Waals surface area contributed by atoms with Gasteiger partial charge in [-0.05, 0) is 42.0 Å². The van der Waals surface area contributed by atoms with Crippen LogP contribution >= 0.6 is 35.1 Å². The topological polar surface area (TPSA) is 82.0 Å². The number of amides is 3. The van der Waals surface area contributed by atoms with E-state index in [9.17, 15) is 9.59 Å². The van der Waals surface area contributed by atoms with Gasteiger partial charge in [-0.25, -0.2) is 9.79 Å². The minimum Gasteiger partial charge on any atom is -0.376 e. The number of aliphatic hydroxyl groups is 1. The van der Waals surface area contributed by atoms with Gasteiger partial charge >= 0.3 is 6.03 Å². The fraction of sp³-hybridized carbons (Fsp3) is 0.118. The highest BCUT2D eigenvalue weighted by Gasteiger charge is 2.14. The molecule has 6 nitrogen and oxygen atoms in total. The molecule has 2 aromatic carbocycles. The maximum absolute atomic E-state index is 12.0. The summed E-state index contributed by atoms with van der Waals surface area (Å²) in [5.74, 6) is -0.455. The van der Waals surface area contributed by atoms with Crippen LogP contribution in [0.1, 0.15) is 15.9 Å². The molecule has 2 rings (SSSR count). The first-order valence-electron chi connectivity index (χ1n) is 7.39. The Morgan fingerprint density at radius 2 is 1.65 bits per heavy atom. The fourth-order valence-corrected chi connectivity index (χ4v) is 2.76. The van der Waals surface area contributed by atoms with Crippen LogP contribution in [0.25, 0.3) is 0 Å². The Morgan fingerprint density at radius 3 is 2.23 bits per heavy atom. The molecule has 0 heterocycles. The molecule has 0 atom stereocenters. The molecule has 26 heavy (non-hydrogen) atoms. The van der Waals surface area contributed by atoms with Crippen LogP contribution in [0.2, 0.25) is 10.0 Å². The Hall–Kier alpha value is -2.06. The van der Waals surface area contributed by atoms with Crippen LogP contribution in [0, 0.1) is 0 Å². The largest absolute Gasteiger partial charge is 0.376 e. The summed E-state index contributed by atoms with van der Waals surface area (Å²) in [4.78, 5) is 27.9. The van der Waals surface area contributed by atoms with Gasteiger partial charge in [-0.3, -0.25) is 9.10 Å². The molecule has 0 aromatic heterocycles. The van der Waals surface area contributed by atoms with E-state index in [0.717, 1.165) is 17.5 Å². The number of carbonyl (C=O) groups excluding carboxylic acids is 2. The van der Waals surface area contributed by atoms with Crippen LogP contribution in [-0.4, -0.2) is 33.6 Å². The van der Waals surface area contributed by atoms with E-state index in [4.69, 9.17) is 28.3 Å². The summed E-state index contributed by atoms with van der Waals surface area (Å²) in [5.41, 5.74) is 2.48. The molecule has 0 saturated carbocycles. The minimum atomic E-state index is -0.516. The van der Waals surface area contributed by atoms with Gasteiger partial charge in [0.25, 0.3) is 5.91 Å². The first-order valence-corrected chi connectivity index (χ1v) is 8.98. The quantitative estimate of drug-likeness (QED) is 0.326. The normalized spacial score (nSPS) is 10.7.